The Hall–Kier alpha value is -1.58. The van der Waals surface area contributed by atoms with Crippen molar-refractivity contribution in [2.45, 2.75) is 46.0 Å². The Labute approximate surface area is 102 Å². The summed E-state index contributed by atoms with van der Waals surface area (Å²) in [6.45, 7) is 10.7. The summed E-state index contributed by atoms with van der Waals surface area (Å²) < 4.78 is 0. The number of nitrogens with zero attached hydrogens (tertiary/aromatic N) is 4. The summed E-state index contributed by atoms with van der Waals surface area (Å²) in [5.41, 5.74) is 3.49. The van der Waals surface area contributed by atoms with Crippen LogP contribution in [-0.2, 0) is 5.41 Å². The van der Waals surface area contributed by atoms with Crippen molar-refractivity contribution in [2.24, 2.45) is 0 Å². The van der Waals surface area contributed by atoms with Gasteiger partial charge in [-0.05, 0) is 5.92 Å². The second-order valence-corrected chi connectivity index (χ2v) is 5.59. The molecule has 0 unspecified atom stereocenters. The molecule has 0 N–H and O–H groups in total. The van der Waals surface area contributed by atoms with Crippen LogP contribution in [0.4, 0.5) is 0 Å². The van der Waals surface area contributed by atoms with Crippen LogP contribution in [0, 0.1) is 0 Å². The van der Waals surface area contributed by atoms with E-state index in [1.165, 1.54) is 6.33 Å². The molecule has 0 saturated heterocycles. The minimum Gasteiger partial charge on any atom is -0.245 e. The minimum absolute atomic E-state index is 0.0172. The van der Waals surface area contributed by atoms with Crippen LogP contribution in [0.5, 0.6) is 0 Å². The highest BCUT2D eigenvalue weighted by Gasteiger charge is 2.23. The van der Waals surface area contributed by atoms with Gasteiger partial charge < -0.3 is 0 Å². The Kier molecular flexibility index (Phi) is 2.81. The first-order chi connectivity index (χ1) is 7.89. The average Bonchev–Trinajstić information content (AvgIpc) is 2.26. The van der Waals surface area contributed by atoms with Crippen LogP contribution in [0.1, 0.15) is 51.9 Å². The van der Waals surface area contributed by atoms with Gasteiger partial charge in [-0.1, -0.05) is 34.6 Å². The topological polar surface area (TPSA) is 51.6 Å². The van der Waals surface area contributed by atoms with Gasteiger partial charge in [-0.2, -0.15) is 0 Å². The van der Waals surface area contributed by atoms with Crippen LogP contribution in [0.15, 0.2) is 12.5 Å². The molecule has 0 bridgehead atoms. The van der Waals surface area contributed by atoms with Crippen molar-refractivity contribution >= 4 is 11.2 Å². The van der Waals surface area contributed by atoms with Gasteiger partial charge in [0.15, 0.2) is 5.65 Å². The third-order valence-electron chi connectivity index (χ3n) is 2.63. The van der Waals surface area contributed by atoms with Crippen LogP contribution in [0.25, 0.3) is 11.2 Å². The number of hydrogen-bond acceptors (Lipinski definition) is 4. The van der Waals surface area contributed by atoms with Crippen molar-refractivity contribution in [3.63, 3.8) is 0 Å². The smallest absolute Gasteiger partial charge is 0.181 e. The van der Waals surface area contributed by atoms with Crippen molar-refractivity contribution < 1.29 is 0 Å². The number of fused-ring (bicyclic) bond motifs is 1. The maximum absolute atomic E-state index is 4.68. The van der Waals surface area contributed by atoms with Crippen LogP contribution < -0.4 is 0 Å². The molecule has 2 aromatic heterocycles. The Bertz CT molecular complexity index is 541. The van der Waals surface area contributed by atoms with Crippen molar-refractivity contribution in [1.29, 1.82) is 0 Å². The predicted molar refractivity (Wildman–Crippen MR) is 67.9 cm³/mol. The van der Waals surface area contributed by atoms with E-state index in [9.17, 15) is 0 Å². The molecule has 0 fully saturated rings. The normalized spacial score (nSPS) is 12.4. The third-order valence-corrected chi connectivity index (χ3v) is 2.63. The molecule has 0 radical (unpaired) electrons. The Balaban J connectivity index is 2.75. The van der Waals surface area contributed by atoms with E-state index >= 15 is 0 Å². The molecule has 0 aliphatic heterocycles. The Morgan fingerprint density at radius 2 is 1.82 bits per heavy atom. The largest absolute Gasteiger partial charge is 0.245 e. The average molecular weight is 230 g/mol. The SMILES string of the molecule is CC(C)c1nc2ncncc2nc1C(C)(C)C. The van der Waals surface area contributed by atoms with Gasteiger partial charge in [-0.25, -0.2) is 19.9 Å². The van der Waals surface area contributed by atoms with Crippen molar-refractivity contribution in [1.82, 2.24) is 19.9 Å². The first-order valence-corrected chi connectivity index (χ1v) is 5.87. The molecular formula is C13H18N4. The van der Waals surface area contributed by atoms with Gasteiger partial charge in [-0.3, -0.25) is 0 Å². The lowest BCUT2D eigenvalue weighted by atomic mass is 9.87. The second-order valence-electron chi connectivity index (χ2n) is 5.59. The summed E-state index contributed by atoms with van der Waals surface area (Å²) in [6.07, 6.45) is 3.23. The summed E-state index contributed by atoms with van der Waals surface area (Å²) in [4.78, 5) is 17.5. The monoisotopic (exact) mass is 230 g/mol. The van der Waals surface area contributed by atoms with Gasteiger partial charge >= 0.3 is 0 Å². The van der Waals surface area contributed by atoms with Gasteiger partial charge in [0.25, 0.3) is 0 Å². The lowest BCUT2D eigenvalue weighted by Gasteiger charge is -2.22. The zero-order chi connectivity index (χ0) is 12.6. The van der Waals surface area contributed by atoms with Gasteiger partial charge in [-0.15, -0.1) is 0 Å². The zero-order valence-corrected chi connectivity index (χ0v) is 11.0. The Morgan fingerprint density at radius 1 is 1.12 bits per heavy atom. The highest BCUT2D eigenvalue weighted by atomic mass is 15.0. The summed E-state index contributed by atoms with van der Waals surface area (Å²) in [5.74, 6) is 0.344. The summed E-state index contributed by atoms with van der Waals surface area (Å²) >= 11 is 0. The van der Waals surface area contributed by atoms with E-state index in [4.69, 9.17) is 0 Å². The van der Waals surface area contributed by atoms with Gasteiger partial charge in [0, 0.05) is 5.41 Å². The molecule has 0 atom stereocenters. The molecular weight excluding hydrogens is 212 g/mol. The van der Waals surface area contributed by atoms with E-state index in [0.717, 1.165) is 16.9 Å². The molecule has 2 rings (SSSR count). The summed E-state index contributed by atoms with van der Waals surface area (Å²) in [6, 6.07) is 0. The quantitative estimate of drug-likeness (QED) is 0.756. The van der Waals surface area contributed by atoms with Crippen LogP contribution in [0.2, 0.25) is 0 Å². The van der Waals surface area contributed by atoms with Crippen LogP contribution in [0.3, 0.4) is 0 Å². The summed E-state index contributed by atoms with van der Waals surface area (Å²) in [5, 5.41) is 0. The lowest BCUT2D eigenvalue weighted by Crippen LogP contribution is -2.19. The highest BCUT2D eigenvalue weighted by molar-refractivity contribution is 5.68. The predicted octanol–water partition coefficient (Wildman–Crippen LogP) is 2.84. The molecule has 0 spiro atoms. The van der Waals surface area contributed by atoms with Crippen LogP contribution >= 0.6 is 0 Å². The minimum atomic E-state index is -0.0172. The number of rotatable bonds is 1. The van der Waals surface area contributed by atoms with E-state index < -0.39 is 0 Å². The van der Waals surface area contributed by atoms with Gasteiger partial charge in [0.1, 0.15) is 11.8 Å². The van der Waals surface area contributed by atoms with E-state index in [2.05, 4.69) is 54.6 Å². The molecule has 0 amide bonds. The zero-order valence-electron chi connectivity index (χ0n) is 11.0. The highest BCUT2D eigenvalue weighted by Crippen LogP contribution is 2.28. The lowest BCUT2D eigenvalue weighted by molar-refractivity contribution is 0.551. The molecule has 2 aromatic rings. The molecule has 0 aromatic carbocycles. The molecule has 90 valence electrons. The maximum atomic E-state index is 4.68. The van der Waals surface area contributed by atoms with Crippen LogP contribution in [-0.4, -0.2) is 19.9 Å². The molecule has 2 heterocycles. The first kappa shape index (κ1) is 11.9. The molecule has 4 heteroatoms. The number of hydrogen-bond donors (Lipinski definition) is 0. The van der Waals surface area contributed by atoms with Crippen molar-refractivity contribution in [3.05, 3.63) is 23.9 Å². The summed E-state index contributed by atoms with van der Waals surface area (Å²) in [7, 11) is 0. The molecule has 0 aliphatic rings. The van der Waals surface area contributed by atoms with E-state index in [1.54, 1.807) is 6.20 Å². The Morgan fingerprint density at radius 3 is 2.41 bits per heavy atom. The van der Waals surface area contributed by atoms with E-state index in [-0.39, 0.29) is 5.41 Å². The fourth-order valence-electron chi connectivity index (χ4n) is 1.78. The van der Waals surface area contributed by atoms with Gasteiger partial charge in [0.05, 0.1) is 17.6 Å². The second kappa shape index (κ2) is 4.02. The maximum Gasteiger partial charge on any atom is 0.181 e. The fourth-order valence-corrected chi connectivity index (χ4v) is 1.78. The molecule has 4 nitrogen and oxygen atoms in total. The molecule has 0 aliphatic carbocycles. The fraction of sp³-hybridized carbons (Fsp3) is 0.538. The van der Waals surface area contributed by atoms with E-state index in [1.807, 2.05) is 0 Å². The van der Waals surface area contributed by atoms with Crippen molar-refractivity contribution in [3.8, 4) is 0 Å². The standard InChI is InChI=1S/C13H18N4/c1-8(2)10-11(13(3,4)5)16-9-6-14-7-15-12(9)17-10/h6-8H,1-5H3. The molecule has 0 saturated carbocycles. The van der Waals surface area contributed by atoms with E-state index in [0.29, 0.717) is 11.6 Å². The first-order valence-electron chi connectivity index (χ1n) is 5.87. The van der Waals surface area contributed by atoms with Gasteiger partial charge in [0.2, 0.25) is 0 Å². The number of aromatic nitrogens is 4. The molecule has 17 heavy (non-hydrogen) atoms. The third kappa shape index (κ3) is 2.25. The van der Waals surface area contributed by atoms with Crippen molar-refractivity contribution in [2.75, 3.05) is 0 Å².